The molecule has 1 aromatic carbocycles. The van der Waals surface area contributed by atoms with Gasteiger partial charge in [-0.2, -0.15) is 0 Å². The molecule has 0 atom stereocenters. The number of likely N-dealkylation sites (tertiary alicyclic amines) is 1. The van der Waals surface area contributed by atoms with Gasteiger partial charge in [0.1, 0.15) is 5.82 Å². The number of hydrogen-bond donors (Lipinski definition) is 2. The Hall–Kier alpha value is -2.11. The van der Waals surface area contributed by atoms with Crippen LogP contribution in [0.3, 0.4) is 0 Å². The average Bonchev–Trinajstić information content (AvgIpc) is 2.59. The first kappa shape index (κ1) is 18.2. The van der Waals surface area contributed by atoms with Crippen LogP contribution in [0.25, 0.3) is 0 Å². The number of carbonyl (C=O) groups is 1. The molecular formula is C18H27FN4O. The highest BCUT2D eigenvalue weighted by atomic mass is 19.1. The molecule has 132 valence electrons. The van der Waals surface area contributed by atoms with Crippen LogP contribution in [0.1, 0.15) is 30.4 Å². The second-order valence-electron chi connectivity index (χ2n) is 6.29. The average molecular weight is 334 g/mol. The van der Waals surface area contributed by atoms with Gasteiger partial charge in [0.05, 0.1) is 0 Å². The Kier molecular flexibility index (Phi) is 6.58. The topological polar surface area (TPSA) is 56.7 Å². The number of nitrogens with one attached hydrogen (secondary N) is 2. The van der Waals surface area contributed by atoms with E-state index in [1.165, 1.54) is 0 Å². The van der Waals surface area contributed by atoms with Crippen LogP contribution in [0.5, 0.6) is 0 Å². The number of amides is 1. The molecule has 2 N–H and O–H groups in total. The summed E-state index contributed by atoms with van der Waals surface area (Å²) in [6.07, 6.45) is 2.56. The van der Waals surface area contributed by atoms with Gasteiger partial charge in [0.25, 0.3) is 0 Å². The number of aryl methyl sites for hydroxylation is 1. The van der Waals surface area contributed by atoms with Crippen molar-refractivity contribution < 1.29 is 9.18 Å². The number of nitrogens with zero attached hydrogens (tertiary/aromatic N) is 2. The van der Waals surface area contributed by atoms with Crippen molar-refractivity contribution in [3.63, 3.8) is 0 Å². The standard InChI is InChI=1S/C18H27FN4O/c1-13-4-5-15(10-16(13)19)12-22-18(21-3)23-8-6-14(7-9-23)11-17(24)20-2/h4-5,10,14H,6-9,11-12H2,1-3H3,(H,20,24)(H,21,22). The summed E-state index contributed by atoms with van der Waals surface area (Å²) in [4.78, 5) is 18.0. The van der Waals surface area contributed by atoms with Gasteiger partial charge in [-0.1, -0.05) is 12.1 Å². The molecule has 0 unspecified atom stereocenters. The van der Waals surface area contributed by atoms with E-state index >= 15 is 0 Å². The van der Waals surface area contributed by atoms with E-state index in [1.807, 2.05) is 6.07 Å². The van der Waals surface area contributed by atoms with E-state index in [1.54, 1.807) is 33.2 Å². The lowest BCUT2D eigenvalue weighted by atomic mass is 9.93. The number of hydrogen-bond acceptors (Lipinski definition) is 2. The third-order valence-corrected chi connectivity index (χ3v) is 4.57. The lowest BCUT2D eigenvalue weighted by Gasteiger charge is -2.34. The maximum atomic E-state index is 13.6. The molecule has 2 rings (SSSR count). The number of aliphatic imine (C=N–C) groups is 1. The van der Waals surface area contributed by atoms with Crippen molar-refractivity contribution >= 4 is 11.9 Å². The summed E-state index contributed by atoms with van der Waals surface area (Å²) >= 11 is 0. The van der Waals surface area contributed by atoms with Crippen molar-refractivity contribution in [3.05, 3.63) is 35.1 Å². The number of piperidine rings is 1. The Morgan fingerprint density at radius 1 is 1.38 bits per heavy atom. The van der Waals surface area contributed by atoms with Crippen LogP contribution < -0.4 is 10.6 Å². The van der Waals surface area contributed by atoms with Gasteiger partial charge in [0.15, 0.2) is 5.96 Å². The monoisotopic (exact) mass is 334 g/mol. The molecule has 1 heterocycles. The molecule has 1 aromatic rings. The van der Waals surface area contributed by atoms with Crippen molar-refractivity contribution in [2.45, 2.75) is 32.7 Å². The number of halogens is 1. The first-order chi connectivity index (χ1) is 11.5. The highest BCUT2D eigenvalue weighted by molar-refractivity contribution is 5.80. The van der Waals surface area contributed by atoms with Crippen LogP contribution in [0.4, 0.5) is 4.39 Å². The molecule has 1 fully saturated rings. The lowest BCUT2D eigenvalue weighted by molar-refractivity contribution is -0.121. The lowest BCUT2D eigenvalue weighted by Crippen LogP contribution is -2.45. The van der Waals surface area contributed by atoms with Gasteiger partial charge in [-0.05, 0) is 42.9 Å². The van der Waals surface area contributed by atoms with E-state index in [9.17, 15) is 9.18 Å². The van der Waals surface area contributed by atoms with Crippen molar-refractivity contribution in [3.8, 4) is 0 Å². The van der Waals surface area contributed by atoms with E-state index in [4.69, 9.17) is 0 Å². The second kappa shape index (κ2) is 8.66. The van der Waals surface area contributed by atoms with Crippen molar-refractivity contribution in [1.29, 1.82) is 0 Å². The highest BCUT2D eigenvalue weighted by Gasteiger charge is 2.22. The van der Waals surface area contributed by atoms with Crippen LogP contribution in [0.2, 0.25) is 0 Å². The second-order valence-corrected chi connectivity index (χ2v) is 6.29. The fraction of sp³-hybridized carbons (Fsp3) is 0.556. The maximum absolute atomic E-state index is 13.6. The van der Waals surface area contributed by atoms with Crippen LogP contribution in [-0.2, 0) is 11.3 Å². The van der Waals surface area contributed by atoms with Gasteiger partial charge >= 0.3 is 0 Å². The zero-order chi connectivity index (χ0) is 17.5. The molecule has 0 aliphatic carbocycles. The SMILES string of the molecule is CN=C(NCc1ccc(C)c(F)c1)N1CCC(CC(=O)NC)CC1. The minimum Gasteiger partial charge on any atom is -0.359 e. The molecule has 0 radical (unpaired) electrons. The first-order valence-corrected chi connectivity index (χ1v) is 8.44. The van der Waals surface area contributed by atoms with Gasteiger partial charge in [-0.25, -0.2) is 4.39 Å². The van der Waals surface area contributed by atoms with E-state index in [-0.39, 0.29) is 11.7 Å². The summed E-state index contributed by atoms with van der Waals surface area (Å²) in [5.74, 6) is 1.19. The number of rotatable bonds is 4. The van der Waals surface area contributed by atoms with Gasteiger partial charge in [0, 0.05) is 40.2 Å². The molecular weight excluding hydrogens is 307 g/mol. The smallest absolute Gasteiger partial charge is 0.220 e. The van der Waals surface area contributed by atoms with Crippen LogP contribution in [0, 0.1) is 18.7 Å². The Morgan fingerprint density at radius 3 is 2.67 bits per heavy atom. The Morgan fingerprint density at radius 2 is 2.08 bits per heavy atom. The predicted molar refractivity (Wildman–Crippen MR) is 94.3 cm³/mol. The number of guanidine groups is 1. The van der Waals surface area contributed by atoms with Gasteiger partial charge in [-0.3, -0.25) is 9.79 Å². The number of carbonyl (C=O) groups excluding carboxylic acids is 1. The molecule has 1 aliphatic rings. The highest BCUT2D eigenvalue weighted by Crippen LogP contribution is 2.20. The van der Waals surface area contributed by atoms with Gasteiger partial charge < -0.3 is 15.5 Å². The Bertz CT molecular complexity index is 595. The molecule has 1 amide bonds. The van der Waals surface area contributed by atoms with Crippen LogP contribution in [0.15, 0.2) is 23.2 Å². The van der Waals surface area contributed by atoms with E-state index < -0.39 is 0 Å². The van der Waals surface area contributed by atoms with Crippen molar-refractivity contribution in [2.24, 2.45) is 10.9 Å². The van der Waals surface area contributed by atoms with Crippen molar-refractivity contribution in [2.75, 3.05) is 27.2 Å². The fourth-order valence-electron chi connectivity index (χ4n) is 2.97. The summed E-state index contributed by atoms with van der Waals surface area (Å²) in [6.45, 7) is 4.06. The molecule has 1 saturated heterocycles. The van der Waals surface area contributed by atoms with Gasteiger partial charge in [-0.15, -0.1) is 0 Å². The maximum Gasteiger partial charge on any atom is 0.220 e. The van der Waals surface area contributed by atoms with E-state index in [0.717, 1.165) is 37.5 Å². The largest absolute Gasteiger partial charge is 0.359 e. The molecule has 5 nitrogen and oxygen atoms in total. The number of benzene rings is 1. The summed E-state index contributed by atoms with van der Waals surface area (Å²) in [5, 5.41) is 5.98. The molecule has 0 saturated carbocycles. The zero-order valence-electron chi connectivity index (χ0n) is 14.7. The van der Waals surface area contributed by atoms with Gasteiger partial charge in [0.2, 0.25) is 5.91 Å². The molecule has 0 aromatic heterocycles. The summed E-state index contributed by atoms with van der Waals surface area (Å²) in [7, 11) is 3.44. The fourth-order valence-corrected chi connectivity index (χ4v) is 2.97. The first-order valence-electron chi connectivity index (χ1n) is 8.44. The molecule has 0 bridgehead atoms. The summed E-state index contributed by atoms with van der Waals surface area (Å²) < 4.78 is 13.6. The van der Waals surface area contributed by atoms with Crippen LogP contribution >= 0.6 is 0 Å². The minimum absolute atomic E-state index is 0.109. The Balaban J connectivity index is 1.84. The Labute approximate surface area is 143 Å². The summed E-state index contributed by atoms with van der Waals surface area (Å²) in [5.41, 5.74) is 1.55. The third kappa shape index (κ3) is 4.94. The third-order valence-electron chi connectivity index (χ3n) is 4.57. The van der Waals surface area contributed by atoms with E-state index in [0.29, 0.717) is 24.4 Å². The summed E-state index contributed by atoms with van der Waals surface area (Å²) in [6, 6.07) is 5.28. The normalized spacial score (nSPS) is 16.2. The van der Waals surface area contributed by atoms with E-state index in [2.05, 4.69) is 20.5 Å². The molecule has 24 heavy (non-hydrogen) atoms. The minimum atomic E-state index is -0.181. The molecule has 1 aliphatic heterocycles. The molecule has 0 spiro atoms. The quantitative estimate of drug-likeness (QED) is 0.655. The zero-order valence-corrected chi connectivity index (χ0v) is 14.7. The van der Waals surface area contributed by atoms with Crippen LogP contribution in [-0.4, -0.2) is 44.0 Å². The predicted octanol–water partition coefficient (Wildman–Crippen LogP) is 2.06. The van der Waals surface area contributed by atoms with Crippen molar-refractivity contribution in [1.82, 2.24) is 15.5 Å². The molecule has 6 heteroatoms.